The quantitative estimate of drug-likeness (QED) is 0.776. The van der Waals surface area contributed by atoms with Crippen LogP contribution in [0.25, 0.3) is 0 Å². The Morgan fingerprint density at radius 3 is 1.80 bits per heavy atom. The third-order valence-corrected chi connectivity index (χ3v) is 4.85. The van der Waals surface area contributed by atoms with Gasteiger partial charge in [-0.3, -0.25) is 9.59 Å². The van der Waals surface area contributed by atoms with Crippen LogP contribution in [0.3, 0.4) is 0 Å². The van der Waals surface area contributed by atoms with Gasteiger partial charge in [0.25, 0.3) is 11.8 Å². The van der Waals surface area contributed by atoms with E-state index in [4.69, 9.17) is 9.31 Å². The highest BCUT2D eigenvalue weighted by atomic mass is 16.7. The van der Waals surface area contributed by atoms with Crippen LogP contribution < -0.4 is 5.46 Å². The zero-order valence-corrected chi connectivity index (χ0v) is 16.3. The molecule has 6 nitrogen and oxygen atoms in total. The van der Waals surface area contributed by atoms with E-state index in [-0.39, 0.29) is 11.8 Å². The topological polar surface area (TPSA) is 59.1 Å². The Morgan fingerprint density at radius 1 is 0.880 bits per heavy atom. The minimum atomic E-state index is -0.709. The lowest BCUT2D eigenvalue weighted by Gasteiger charge is -2.32. The Balaban J connectivity index is 2.54. The number of nitrogens with zero attached hydrogens (tertiary/aromatic N) is 2. The molecule has 25 heavy (non-hydrogen) atoms. The first kappa shape index (κ1) is 19.5. The summed E-state index contributed by atoms with van der Waals surface area (Å²) in [6.45, 7) is 7.81. The fourth-order valence-corrected chi connectivity index (χ4v) is 2.55. The number of amides is 2. The molecular formula is C18H27BN2O4. The van der Waals surface area contributed by atoms with E-state index in [1.54, 1.807) is 46.4 Å². The summed E-state index contributed by atoms with van der Waals surface area (Å²) in [5, 5.41) is 0. The molecule has 0 atom stereocenters. The average molecular weight is 346 g/mol. The van der Waals surface area contributed by atoms with Crippen molar-refractivity contribution in [1.82, 2.24) is 9.80 Å². The predicted molar refractivity (Wildman–Crippen MR) is 98.2 cm³/mol. The van der Waals surface area contributed by atoms with Crippen molar-refractivity contribution in [3.8, 4) is 0 Å². The molecule has 1 heterocycles. The first-order valence-electron chi connectivity index (χ1n) is 8.30. The van der Waals surface area contributed by atoms with Gasteiger partial charge >= 0.3 is 7.12 Å². The minimum Gasteiger partial charge on any atom is -0.399 e. The van der Waals surface area contributed by atoms with Gasteiger partial charge in [-0.05, 0) is 51.4 Å². The molecular weight excluding hydrogens is 319 g/mol. The second-order valence-electron chi connectivity index (χ2n) is 7.79. The molecule has 1 aliphatic heterocycles. The maximum Gasteiger partial charge on any atom is 0.495 e. The third-order valence-electron chi connectivity index (χ3n) is 4.85. The maximum atomic E-state index is 12.6. The largest absolute Gasteiger partial charge is 0.495 e. The van der Waals surface area contributed by atoms with Crippen molar-refractivity contribution in [2.75, 3.05) is 28.2 Å². The fourth-order valence-electron chi connectivity index (χ4n) is 2.55. The van der Waals surface area contributed by atoms with Gasteiger partial charge in [0.05, 0.1) is 11.2 Å². The number of benzene rings is 1. The van der Waals surface area contributed by atoms with Crippen LogP contribution >= 0.6 is 0 Å². The highest BCUT2D eigenvalue weighted by Gasteiger charge is 2.52. The van der Waals surface area contributed by atoms with Crippen LogP contribution in [0.5, 0.6) is 0 Å². The highest BCUT2D eigenvalue weighted by molar-refractivity contribution is 6.63. The van der Waals surface area contributed by atoms with Crippen LogP contribution in [0.2, 0.25) is 0 Å². The van der Waals surface area contributed by atoms with Gasteiger partial charge in [-0.1, -0.05) is 0 Å². The van der Waals surface area contributed by atoms with Crippen molar-refractivity contribution in [3.05, 3.63) is 29.3 Å². The third kappa shape index (κ3) is 3.57. The number of rotatable bonds is 3. The van der Waals surface area contributed by atoms with Crippen LogP contribution in [0, 0.1) is 0 Å². The predicted octanol–water partition coefficient (Wildman–Crippen LogP) is 1.39. The van der Waals surface area contributed by atoms with Crippen LogP contribution in [0.4, 0.5) is 0 Å². The zero-order valence-electron chi connectivity index (χ0n) is 16.3. The summed E-state index contributed by atoms with van der Waals surface area (Å²) in [5.41, 5.74) is 0.476. The van der Waals surface area contributed by atoms with Crippen molar-refractivity contribution in [2.24, 2.45) is 0 Å². The molecule has 2 rings (SSSR count). The summed E-state index contributed by atoms with van der Waals surface area (Å²) in [5.74, 6) is -0.296. The molecule has 1 aliphatic rings. The zero-order chi connectivity index (χ0) is 19.2. The molecule has 136 valence electrons. The van der Waals surface area contributed by atoms with Gasteiger partial charge in [0.1, 0.15) is 0 Å². The normalized spacial score (nSPS) is 18.2. The fraction of sp³-hybridized carbons (Fsp3) is 0.556. The van der Waals surface area contributed by atoms with Crippen LogP contribution in [-0.4, -0.2) is 68.1 Å². The van der Waals surface area contributed by atoms with E-state index in [2.05, 4.69) is 0 Å². The van der Waals surface area contributed by atoms with Gasteiger partial charge in [-0.25, -0.2) is 0 Å². The molecule has 0 bridgehead atoms. The van der Waals surface area contributed by atoms with E-state index in [1.165, 1.54) is 9.80 Å². The summed E-state index contributed by atoms with van der Waals surface area (Å²) in [7, 11) is 6.05. The van der Waals surface area contributed by atoms with Crippen molar-refractivity contribution in [3.63, 3.8) is 0 Å². The Labute approximate surface area is 150 Å². The summed E-state index contributed by atoms with van der Waals surface area (Å²) < 4.78 is 12.2. The minimum absolute atomic E-state index is 0.137. The summed E-state index contributed by atoms with van der Waals surface area (Å²) in [6.07, 6.45) is 0. The Bertz CT molecular complexity index is 682. The molecule has 0 aliphatic carbocycles. The van der Waals surface area contributed by atoms with Crippen molar-refractivity contribution >= 4 is 24.4 Å². The van der Waals surface area contributed by atoms with Crippen LogP contribution in [0.1, 0.15) is 48.4 Å². The Hall–Kier alpha value is -1.86. The number of hydrogen-bond donors (Lipinski definition) is 0. The lowest BCUT2D eigenvalue weighted by molar-refractivity contribution is 0.00578. The second-order valence-corrected chi connectivity index (χ2v) is 7.79. The van der Waals surface area contributed by atoms with E-state index >= 15 is 0 Å². The van der Waals surface area contributed by atoms with Gasteiger partial charge in [-0.15, -0.1) is 0 Å². The van der Waals surface area contributed by atoms with E-state index in [0.717, 1.165) is 0 Å². The smallest absolute Gasteiger partial charge is 0.399 e. The Kier molecular flexibility index (Phi) is 5.03. The molecule has 0 radical (unpaired) electrons. The van der Waals surface area contributed by atoms with E-state index < -0.39 is 18.3 Å². The van der Waals surface area contributed by atoms with E-state index in [1.807, 2.05) is 27.7 Å². The summed E-state index contributed by atoms with van der Waals surface area (Å²) in [4.78, 5) is 27.9. The van der Waals surface area contributed by atoms with Crippen molar-refractivity contribution in [2.45, 2.75) is 38.9 Å². The molecule has 1 aromatic carbocycles. The molecule has 2 amide bonds. The van der Waals surface area contributed by atoms with Gasteiger partial charge in [0.2, 0.25) is 0 Å². The first-order valence-corrected chi connectivity index (χ1v) is 8.30. The lowest BCUT2D eigenvalue weighted by Crippen LogP contribution is -2.41. The van der Waals surface area contributed by atoms with Gasteiger partial charge in [0.15, 0.2) is 0 Å². The second kappa shape index (κ2) is 6.46. The molecule has 7 heteroatoms. The number of hydrogen-bond acceptors (Lipinski definition) is 4. The first-order chi connectivity index (χ1) is 11.4. The van der Waals surface area contributed by atoms with E-state index in [0.29, 0.717) is 16.6 Å². The molecule has 0 spiro atoms. The monoisotopic (exact) mass is 346 g/mol. The number of carbonyl (C=O) groups is 2. The van der Waals surface area contributed by atoms with Gasteiger partial charge in [-0.2, -0.15) is 0 Å². The molecule has 0 N–H and O–H groups in total. The SMILES string of the molecule is CN(C)C(=O)c1ccc(C(=O)N(C)C)c(B2OC(C)(C)C(C)(C)O2)c1. The van der Waals surface area contributed by atoms with Crippen LogP contribution in [0.15, 0.2) is 18.2 Å². The summed E-state index contributed by atoms with van der Waals surface area (Å²) >= 11 is 0. The van der Waals surface area contributed by atoms with Gasteiger partial charge in [0, 0.05) is 39.3 Å². The molecule has 1 aromatic rings. The molecule has 1 saturated heterocycles. The van der Waals surface area contributed by atoms with Gasteiger partial charge < -0.3 is 19.1 Å². The molecule has 0 aromatic heterocycles. The maximum absolute atomic E-state index is 12.6. The average Bonchev–Trinajstić information content (AvgIpc) is 2.73. The van der Waals surface area contributed by atoms with Crippen molar-refractivity contribution < 1.29 is 18.9 Å². The highest BCUT2D eigenvalue weighted by Crippen LogP contribution is 2.36. The lowest BCUT2D eigenvalue weighted by atomic mass is 9.74. The number of carbonyl (C=O) groups excluding carboxylic acids is 2. The molecule has 0 saturated carbocycles. The molecule has 1 fully saturated rings. The summed E-state index contributed by atoms with van der Waals surface area (Å²) in [6, 6.07) is 5.02. The standard InChI is InChI=1S/C18H27BN2O4/c1-17(2)18(3,4)25-19(24-17)14-11-12(15(22)20(5)6)9-10-13(14)16(23)21(7)8/h9-11H,1-8H3. The Morgan fingerprint density at radius 2 is 1.36 bits per heavy atom. The molecule has 0 unspecified atom stereocenters. The van der Waals surface area contributed by atoms with Crippen molar-refractivity contribution in [1.29, 1.82) is 0 Å². The van der Waals surface area contributed by atoms with Crippen LogP contribution in [-0.2, 0) is 9.31 Å². The van der Waals surface area contributed by atoms with E-state index in [9.17, 15) is 9.59 Å².